The maximum atomic E-state index is 4.96. The zero-order chi connectivity index (χ0) is 18.4. The molecule has 26 heavy (non-hydrogen) atoms. The van der Waals surface area contributed by atoms with Gasteiger partial charge in [0.15, 0.2) is 11.6 Å². The van der Waals surface area contributed by atoms with E-state index in [4.69, 9.17) is 10.1 Å². The van der Waals surface area contributed by atoms with Crippen LogP contribution in [0, 0.1) is 0 Å². The van der Waals surface area contributed by atoms with Crippen LogP contribution < -0.4 is 5.32 Å². The number of aromatic nitrogens is 5. The average Bonchev–Trinajstić information content (AvgIpc) is 3.33. The summed E-state index contributed by atoms with van der Waals surface area (Å²) in [7, 11) is 1.81. The van der Waals surface area contributed by atoms with Crippen molar-refractivity contribution in [2.45, 2.75) is 44.6 Å². The number of rotatable bonds is 4. The second-order valence-corrected chi connectivity index (χ2v) is 7.84. The highest BCUT2D eigenvalue weighted by molar-refractivity contribution is 5.55. The van der Waals surface area contributed by atoms with Crippen LogP contribution in [0.1, 0.15) is 45.0 Å². The maximum absolute atomic E-state index is 4.96. The summed E-state index contributed by atoms with van der Waals surface area (Å²) in [6, 6.07) is 10.6. The second-order valence-electron chi connectivity index (χ2n) is 7.84. The Balaban J connectivity index is 1.82. The molecule has 0 spiro atoms. The summed E-state index contributed by atoms with van der Waals surface area (Å²) in [6.45, 7) is 6.42. The van der Waals surface area contributed by atoms with Crippen LogP contribution >= 0.6 is 0 Å². The topological polar surface area (TPSA) is 68.5 Å². The van der Waals surface area contributed by atoms with E-state index in [9.17, 15) is 0 Å². The van der Waals surface area contributed by atoms with Crippen LogP contribution in [0.25, 0.3) is 11.4 Å². The van der Waals surface area contributed by atoms with Crippen LogP contribution in [-0.2, 0) is 11.0 Å². The first kappa shape index (κ1) is 16.7. The molecule has 0 aliphatic heterocycles. The highest BCUT2D eigenvalue weighted by Gasteiger charge is 2.50. The molecular weight excluding hydrogens is 324 g/mol. The van der Waals surface area contributed by atoms with Gasteiger partial charge in [-0.1, -0.05) is 30.3 Å². The summed E-state index contributed by atoms with van der Waals surface area (Å²) < 4.78 is 2.00. The lowest BCUT2D eigenvalue weighted by molar-refractivity contribution is 0.356. The van der Waals surface area contributed by atoms with E-state index in [0.717, 1.165) is 30.1 Å². The maximum Gasteiger partial charge on any atom is 0.222 e. The van der Waals surface area contributed by atoms with Gasteiger partial charge in [-0.3, -0.25) is 0 Å². The molecule has 6 nitrogen and oxygen atoms in total. The molecule has 0 radical (unpaired) electrons. The molecule has 1 N–H and O–H groups in total. The Bertz CT molecular complexity index is 902. The van der Waals surface area contributed by atoms with E-state index in [1.54, 1.807) is 12.4 Å². The van der Waals surface area contributed by atoms with Gasteiger partial charge in [-0.15, -0.1) is 0 Å². The van der Waals surface area contributed by atoms with E-state index in [1.165, 1.54) is 5.56 Å². The van der Waals surface area contributed by atoms with Crippen molar-refractivity contribution in [1.82, 2.24) is 24.7 Å². The normalized spacial score (nSPS) is 15.7. The van der Waals surface area contributed by atoms with Gasteiger partial charge in [0, 0.05) is 19.4 Å². The molecule has 1 aromatic carbocycles. The molecule has 134 valence electrons. The van der Waals surface area contributed by atoms with Crippen molar-refractivity contribution in [3.8, 4) is 11.4 Å². The smallest absolute Gasteiger partial charge is 0.222 e. The Labute approximate surface area is 153 Å². The summed E-state index contributed by atoms with van der Waals surface area (Å²) in [5.41, 5.74) is 1.92. The van der Waals surface area contributed by atoms with Crippen LogP contribution in [0.5, 0.6) is 0 Å². The van der Waals surface area contributed by atoms with E-state index in [1.807, 2.05) is 17.8 Å². The van der Waals surface area contributed by atoms with Gasteiger partial charge in [-0.2, -0.15) is 5.10 Å². The first-order valence-corrected chi connectivity index (χ1v) is 8.98. The predicted octanol–water partition coefficient (Wildman–Crippen LogP) is 3.61. The van der Waals surface area contributed by atoms with Crippen molar-refractivity contribution in [2.24, 2.45) is 0 Å². The van der Waals surface area contributed by atoms with Crippen LogP contribution in [0.15, 0.2) is 42.7 Å². The van der Waals surface area contributed by atoms with Gasteiger partial charge >= 0.3 is 0 Å². The van der Waals surface area contributed by atoms with Crippen LogP contribution in [0.3, 0.4) is 0 Å². The molecule has 1 aliphatic carbocycles. The van der Waals surface area contributed by atoms with Gasteiger partial charge in [0.2, 0.25) is 5.95 Å². The van der Waals surface area contributed by atoms with Crippen molar-refractivity contribution in [3.05, 3.63) is 54.1 Å². The first-order chi connectivity index (χ1) is 12.4. The summed E-state index contributed by atoms with van der Waals surface area (Å²) >= 11 is 0. The standard InChI is InChI=1S/C20H24N6/c1-19(2,3)26-16(14-12-22-18(21-4)23-13-14)24-17(25-26)20(10-11-20)15-8-6-5-7-9-15/h5-9,12-13H,10-11H2,1-4H3,(H,21,22,23). The SMILES string of the molecule is CNc1ncc(-c2nc(C3(c4ccccc4)CC3)nn2C(C)(C)C)cn1. The summed E-state index contributed by atoms with van der Waals surface area (Å²) in [6.07, 6.45) is 5.77. The lowest BCUT2D eigenvalue weighted by Gasteiger charge is -2.21. The molecule has 2 aromatic heterocycles. The van der Waals surface area contributed by atoms with E-state index in [0.29, 0.717) is 5.95 Å². The zero-order valence-electron chi connectivity index (χ0n) is 15.7. The summed E-state index contributed by atoms with van der Waals surface area (Å²) in [5.74, 6) is 2.31. The summed E-state index contributed by atoms with van der Waals surface area (Å²) in [5, 5.41) is 7.89. The Hall–Kier alpha value is -2.76. The van der Waals surface area contributed by atoms with E-state index in [-0.39, 0.29) is 11.0 Å². The lowest BCUT2D eigenvalue weighted by atomic mass is 9.95. The quantitative estimate of drug-likeness (QED) is 0.780. The monoisotopic (exact) mass is 348 g/mol. The Morgan fingerprint density at radius 1 is 1.04 bits per heavy atom. The van der Waals surface area contributed by atoms with Gasteiger partial charge in [-0.25, -0.2) is 19.6 Å². The third kappa shape index (κ3) is 2.75. The fourth-order valence-corrected chi connectivity index (χ4v) is 3.27. The third-order valence-corrected chi connectivity index (χ3v) is 4.88. The fourth-order valence-electron chi connectivity index (χ4n) is 3.27. The molecule has 4 rings (SSSR count). The first-order valence-electron chi connectivity index (χ1n) is 8.98. The highest BCUT2D eigenvalue weighted by atomic mass is 15.4. The summed E-state index contributed by atoms with van der Waals surface area (Å²) in [4.78, 5) is 13.6. The molecule has 0 bridgehead atoms. The number of benzene rings is 1. The number of nitrogens with one attached hydrogen (secondary N) is 1. The number of nitrogens with zero attached hydrogens (tertiary/aromatic N) is 5. The van der Waals surface area contributed by atoms with Crippen molar-refractivity contribution < 1.29 is 0 Å². The minimum absolute atomic E-state index is 0.0573. The van der Waals surface area contributed by atoms with Crippen molar-refractivity contribution in [2.75, 3.05) is 12.4 Å². The zero-order valence-corrected chi connectivity index (χ0v) is 15.7. The number of anilines is 1. The fraction of sp³-hybridized carbons (Fsp3) is 0.400. The molecule has 1 fully saturated rings. The van der Waals surface area contributed by atoms with Crippen LogP contribution in [0.2, 0.25) is 0 Å². The third-order valence-electron chi connectivity index (χ3n) is 4.88. The van der Waals surface area contributed by atoms with Crippen molar-refractivity contribution in [1.29, 1.82) is 0 Å². The minimum Gasteiger partial charge on any atom is -0.357 e. The van der Waals surface area contributed by atoms with Gasteiger partial charge in [-0.05, 0) is 39.2 Å². The molecule has 6 heteroatoms. The molecule has 0 saturated heterocycles. The molecule has 0 atom stereocenters. The predicted molar refractivity (Wildman–Crippen MR) is 102 cm³/mol. The Morgan fingerprint density at radius 3 is 2.23 bits per heavy atom. The number of hydrogen-bond acceptors (Lipinski definition) is 5. The molecular formula is C20H24N6. The lowest BCUT2D eigenvalue weighted by Crippen LogP contribution is -2.25. The van der Waals surface area contributed by atoms with Gasteiger partial charge < -0.3 is 5.32 Å². The van der Waals surface area contributed by atoms with Crippen LogP contribution in [-0.4, -0.2) is 31.8 Å². The van der Waals surface area contributed by atoms with Gasteiger partial charge in [0.25, 0.3) is 0 Å². The van der Waals surface area contributed by atoms with E-state index in [2.05, 4.69) is 60.3 Å². The Kier molecular flexibility index (Phi) is 3.79. The minimum atomic E-state index is -0.185. The highest BCUT2D eigenvalue weighted by Crippen LogP contribution is 2.52. The van der Waals surface area contributed by atoms with Gasteiger partial charge in [0.1, 0.15) is 0 Å². The van der Waals surface area contributed by atoms with Crippen molar-refractivity contribution in [3.63, 3.8) is 0 Å². The van der Waals surface area contributed by atoms with Crippen LogP contribution in [0.4, 0.5) is 5.95 Å². The largest absolute Gasteiger partial charge is 0.357 e. The second kappa shape index (κ2) is 5.90. The average molecular weight is 348 g/mol. The van der Waals surface area contributed by atoms with Gasteiger partial charge in [0.05, 0.1) is 16.5 Å². The van der Waals surface area contributed by atoms with E-state index >= 15 is 0 Å². The number of hydrogen-bond donors (Lipinski definition) is 1. The molecule has 1 saturated carbocycles. The Morgan fingerprint density at radius 2 is 1.69 bits per heavy atom. The molecule has 0 amide bonds. The molecule has 0 unspecified atom stereocenters. The van der Waals surface area contributed by atoms with Crippen molar-refractivity contribution >= 4 is 5.95 Å². The van der Waals surface area contributed by atoms with E-state index < -0.39 is 0 Å². The molecule has 3 aromatic rings. The molecule has 1 aliphatic rings. The molecule has 2 heterocycles.